The van der Waals surface area contributed by atoms with Gasteiger partial charge in [-0.25, -0.2) is 0 Å². The van der Waals surface area contributed by atoms with E-state index in [4.69, 9.17) is 17.2 Å². The quantitative estimate of drug-likeness (QED) is 0.290. The van der Waals surface area contributed by atoms with Crippen molar-refractivity contribution in [1.29, 1.82) is 0 Å². The molecule has 2 aromatic heterocycles. The molecule has 1 aliphatic rings. The van der Waals surface area contributed by atoms with Crippen molar-refractivity contribution in [3.63, 3.8) is 0 Å². The van der Waals surface area contributed by atoms with Crippen LogP contribution in [0, 0.1) is 20.8 Å². The molecule has 0 aliphatic carbocycles. The largest absolute Gasteiger partial charge is 0.351 e. The van der Waals surface area contributed by atoms with Crippen LogP contribution in [0.15, 0.2) is 72.9 Å². The Labute approximate surface area is 220 Å². The number of rotatable bonds is 6. The highest BCUT2D eigenvalue weighted by Gasteiger charge is 2.42. The van der Waals surface area contributed by atoms with Crippen molar-refractivity contribution in [1.82, 2.24) is 14.9 Å². The van der Waals surface area contributed by atoms with Crippen LogP contribution in [0.5, 0.6) is 0 Å². The molecule has 0 radical (unpaired) electrons. The second-order valence-electron chi connectivity index (χ2n) is 9.61. The van der Waals surface area contributed by atoms with Crippen LogP contribution < -0.4 is 10.2 Å². The van der Waals surface area contributed by atoms with Crippen molar-refractivity contribution in [2.45, 2.75) is 59.5 Å². The number of aryl methyl sites for hydroxylation is 4. The van der Waals surface area contributed by atoms with Gasteiger partial charge < -0.3 is 14.8 Å². The van der Waals surface area contributed by atoms with Crippen molar-refractivity contribution in [2.75, 3.05) is 4.90 Å². The van der Waals surface area contributed by atoms with Gasteiger partial charge in [-0.15, -0.1) is 0 Å². The summed E-state index contributed by atoms with van der Waals surface area (Å²) >= 11 is 5.95. The molecule has 4 nitrogen and oxygen atoms in total. The lowest BCUT2D eigenvalue weighted by Gasteiger charge is -2.28. The minimum Gasteiger partial charge on any atom is -0.351 e. The first-order chi connectivity index (χ1) is 17.4. The van der Waals surface area contributed by atoms with Gasteiger partial charge in [-0.05, 0) is 98.4 Å². The predicted molar refractivity (Wildman–Crippen MR) is 153 cm³/mol. The van der Waals surface area contributed by atoms with Crippen LogP contribution in [0.4, 0.5) is 5.69 Å². The third-order valence-corrected chi connectivity index (χ3v) is 7.75. The standard InChI is InChI=1S/C31H34N4S/c1-6-23-14-16-25(17-15-23)35-30(28(33-31(35)36)27-13-8-9-18-32-27)26-19-21(4)34(22(26)5)29-20(3)11-10-12-24(29)7-2/h8-19,28,30H,6-7H2,1-5H3,(H,33,36)/t28-,30-/m0/s1. The Morgan fingerprint density at radius 2 is 1.69 bits per heavy atom. The Morgan fingerprint density at radius 1 is 0.917 bits per heavy atom. The fraction of sp³-hybridized carbons (Fsp3) is 0.290. The summed E-state index contributed by atoms with van der Waals surface area (Å²) in [5, 5.41) is 4.34. The molecule has 5 rings (SSSR count). The van der Waals surface area contributed by atoms with Crippen LogP contribution in [0.3, 0.4) is 0 Å². The van der Waals surface area contributed by atoms with E-state index in [0.29, 0.717) is 0 Å². The number of hydrogen-bond acceptors (Lipinski definition) is 2. The first kappa shape index (κ1) is 24.3. The highest BCUT2D eigenvalue weighted by Crippen LogP contribution is 2.44. The number of nitrogens with zero attached hydrogens (tertiary/aromatic N) is 3. The van der Waals surface area contributed by atoms with Crippen LogP contribution in [0.2, 0.25) is 0 Å². The predicted octanol–water partition coefficient (Wildman–Crippen LogP) is 7.10. The highest BCUT2D eigenvalue weighted by molar-refractivity contribution is 7.80. The molecule has 1 N–H and O–H groups in total. The summed E-state index contributed by atoms with van der Waals surface area (Å²) in [6.07, 6.45) is 3.87. The average molecular weight is 495 g/mol. The Morgan fingerprint density at radius 3 is 2.36 bits per heavy atom. The number of aromatic nitrogens is 2. The molecular weight excluding hydrogens is 460 g/mol. The average Bonchev–Trinajstić information content (AvgIpc) is 3.39. The molecule has 184 valence electrons. The molecule has 3 heterocycles. The molecule has 2 atom stereocenters. The van der Waals surface area contributed by atoms with Gasteiger partial charge in [0.05, 0.1) is 23.5 Å². The zero-order valence-corrected chi connectivity index (χ0v) is 22.6. The van der Waals surface area contributed by atoms with Crippen LogP contribution in [0.25, 0.3) is 5.69 Å². The number of nitrogens with one attached hydrogen (secondary N) is 1. The molecule has 36 heavy (non-hydrogen) atoms. The van der Waals surface area contributed by atoms with Crippen molar-refractivity contribution in [3.8, 4) is 5.69 Å². The Kier molecular flexibility index (Phi) is 6.67. The lowest BCUT2D eigenvalue weighted by atomic mass is 9.96. The van der Waals surface area contributed by atoms with E-state index in [1.165, 1.54) is 39.3 Å². The van der Waals surface area contributed by atoms with Gasteiger partial charge in [0.25, 0.3) is 0 Å². The van der Waals surface area contributed by atoms with E-state index in [2.05, 4.69) is 104 Å². The summed E-state index contributed by atoms with van der Waals surface area (Å²) in [5.41, 5.74) is 11.1. The Balaban J connectivity index is 1.70. The third kappa shape index (κ3) is 4.11. The molecule has 0 saturated carbocycles. The van der Waals surface area contributed by atoms with Gasteiger partial charge in [0, 0.05) is 23.3 Å². The smallest absolute Gasteiger partial charge is 0.174 e. The molecule has 1 fully saturated rings. The molecule has 0 bridgehead atoms. The van der Waals surface area contributed by atoms with Gasteiger partial charge in [-0.1, -0.05) is 50.2 Å². The first-order valence-corrected chi connectivity index (χ1v) is 13.2. The first-order valence-electron chi connectivity index (χ1n) is 12.8. The molecule has 0 spiro atoms. The molecule has 4 aromatic rings. The molecule has 0 unspecified atom stereocenters. The van der Waals surface area contributed by atoms with E-state index in [0.717, 1.165) is 29.3 Å². The number of pyridine rings is 1. The number of benzene rings is 2. The van der Waals surface area contributed by atoms with Gasteiger partial charge in [0.15, 0.2) is 5.11 Å². The van der Waals surface area contributed by atoms with Crippen molar-refractivity contribution < 1.29 is 0 Å². The maximum absolute atomic E-state index is 5.95. The van der Waals surface area contributed by atoms with Crippen LogP contribution in [-0.2, 0) is 12.8 Å². The molecular formula is C31H34N4S. The fourth-order valence-electron chi connectivity index (χ4n) is 5.60. The van der Waals surface area contributed by atoms with Crippen LogP contribution in [0.1, 0.15) is 65.3 Å². The maximum Gasteiger partial charge on any atom is 0.174 e. The topological polar surface area (TPSA) is 33.1 Å². The molecule has 1 saturated heterocycles. The summed E-state index contributed by atoms with van der Waals surface area (Å²) in [5.74, 6) is 0. The summed E-state index contributed by atoms with van der Waals surface area (Å²) in [7, 11) is 0. The van der Waals surface area contributed by atoms with Gasteiger partial charge in [0.1, 0.15) is 0 Å². The van der Waals surface area contributed by atoms with E-state index in [-0.39, 0.29) is 12.1 Å². The minimum absolute atomic E-state index is 0.0195. The Hall–Kier alpha value is -3.44. The summed E-state index contributed by atoms with van der Waals surface area (Å²) in [6.45, 7) is 11.1. The second kappa shape index (κ2) is 9.90. The van der Waals surface area contributed by atoms with E-state index in [1.807, 2.05) is 18.3 Å². The zero-order valence-electron chi connectivity index (χ0n) is 21.7. The molecule has 0 amide bonds. The maximum atomic E-state index is 5.95. The van der Waals surface area contributed by atoms with E-state index < -0.39 is 0 Å². The van der Waals surface area contributed by atoms with Crippen molar-refractivity contribution in [2.24, 2.45) is 0 Å². The number of thiocarbonyl (C=S) groups is 1. The van der Waals surface area contributed by atoms with E-state index >= 15 is 0 Å². The fourth-order valence-corrected chi connectivity index (χ4v) is 5.94. The van der Waals surface area contributed by atoms with Gasteiger partial charge in [0.2, 0.25) is 0 Å². The number of para-hydroxylation sites is 1. The lowest BCUT2D eigenvalue weighted by molar-refractivity contribution is 0.565. The molecule has 5 heteroatoms. The summed E-state index contributed by atoms with van der Waals surface area (Å²) in [4.78, 5) is 7.01. The van der Waals surface area contributed by atoms with Gasteiger partial charge in [-0.2, -0.15) is 0 Å². The van der Waals surface area contributed by atoms with Crippen molar-refractivity contribution >= 4 is 23.0 Å². The summed E-state index contributed by atoms with van der Waals surface area (Å²) < 4.78 is 2.43. The van der Waals surface area contributed by atoms with Gasteiger partial charge in [-0.3, -0.25) is 4.98 Å². The molecule has 2 aromatic carbocycles. The zero-order chi connectivity index (χ0) is 25.4. The van der Waals surface area contributed by atoms with E-state index in [9.17, 15) is 0 Å². The van der Waals surface area contributed by atoms with Crippen LogP contribution in [-0.4, -0.2) is 14.7 Å². The normalized spacial score (nSPS) is 17.5. The number of anilines is 1. The lowest BCUT2D eigenvalue weighted by Crippen LogP contribution is -2.29. The molecule has 1 aliphatic heterocycles. The number of hydrogen-bond donors (Lipinski definition) is 1. The van der Waals surface area contributed by atoms with Crippen molar-refractivity contribution in [3.05, 3.63) is 112 Å². The monoisotopic (exact) mass is 494 g/mol. The minimum atomic E-state index is -0.0546. The van der Waals surface area contributed by atoms with E-state index in [1.54, 1.807) is 0 Å². The highest BCUT2D eigenvalue weighted by atomic mass is 32.1. The van der Waals surface area contributed by atoms with Gasteiger partial charge >= 0.3 is 0 Å². The third-order valence-electron chi connectivity index (χ3n) is 7.44. The SMILES string of the molecule is CCc1ccc(N2C(=S)N[C@@H](c3ccccn3)[C@@H]2c2cc(C)n(-c3c(C)cccc3CC)c2C)cc1. The Bertz CT molecular complexity index is 1390. The second-order valence-corrected chi connectivity index (χ2v) is 10.0. The van der Waals surface area contributed by atoms with Crippen LogP contribution >= 0.6 is 12.2 Å². The summed E-state index contributed by atoms with van der Waals surface area (Å²) in [6, 6.07) is 23.8.